The quantitative estimate of drug-likeness (QED) is 0.453. The number of amides is 1. The Morgan fingerprint density at radius 2 is 2.10 bits per heavy atom. The van der Waals surface area contributed by atoms with Gasteiger partial charge in [-0.05, 0) is 6.92 Å². The van der Waals surface area contributed by atoms with Gasteiger partial charge in [0.05, 0.1) is 0 Å². The van der Waals surface area contributed by atoms with Gasteiger partial charge in [0.2, 0.25) is 5.78 Å². The average Bonchev–Trinajstić information content (AvgIpc) is 1.87. The second-order valence-electron chi connectivity index (χ2n) is 2.05. The van der Waals surface area contributed by atoms with Crippen molar-refractivity contribution in [1.82, 2.24) is 5.32 Å². The lowest BCUT2D eigenvalue weighted by molar-refractivity contribution is -0.136. The molecule has 0 saturated carbocycles. The Morgan fingerprint density at radius 3 is 2.40 bits per heavy atom. The van der Waals surface area contributed by atoms with E-state index >= 15 is 0 Å². The summed E-state index contributed by atoms with van der Waals surface area (Å²) >= 11 is 0. The molecule has 0 saturated heterocycles. The molecule has 0 heterocycles. The lowest BCUT2D eigenvalue weighted by atomic mass is 10.3. The molecule has 0 spiro atoms. The van der Waals surface area contributed by atoms with Gasteiger partial charge in [-0.25, -0.2) is 0 Å². The first-order valence-corrected chi connectivity index (χ1v) is 3.02. The molecule has 0 aliphatic carbocycles. The summed E-state index contributed by atoms with van der Waals surface area (Å²) in [5, 5.41) is 2.42. The van der Waals surface area contributed by atoms with Crippen molar-refractivity contribution in [1.29, 1.82) is 0 Å². The molecule has 3 heteroatoms. The van der Waals surface area contributed by atoms with Crippen LogP contribution in [0.5, 0.6) is 0 Å². The smallest absolute Gasteiger partial charge is 0.287 e. The lowest BCUT2D eigenvalue weighted by Crippen LogP contribution is -2.35. The van der Waals surface area contributed by atoms with Crippen molar-refractivity contribution in [3.63, 3.8) is 0 Å². The van der Waals surface area contributed by atoms with Gasteiger partial charge in [0, 0.05) is 13.0 Å². The minimum atomic E-state index is -0.563. The van der Waals surface area contributed by atoms with Crippen LogP contribution in [0.1, 0.15) is 13.8 Å². The highest BCUT2D eigenvalue weighted by Crippen LogP contribution is 1.81. The number of nitrogens with one attached hydrogen (secondary N) is 1. The predicted octanol–water partition coefficient (Wildman–Crippen LogP) is 0.266. The number of rotatable bonds is 3. The molecule has 0 fully saturated rings. The number of carbonyl (C=O) groups is 2. The molecule has 10 heavy (non-hydrogen) atoms. The first-order valence-electron chi connectivity index (χ1n) is 3.02. The van der Waals surface area contributed by atoms with Crippen LogP contribution in [0, 0.1) is 0 Å². The van der Waals surface area contributed by atoms with Crippen molar-refractivity contribution < 1.29 is 9.59 Å². The van der Waals surface area contributed by atoms with Gasteiger partial charge in [-0.1, -0.05) is 6.08 Å². The summed E-state index contributed by atoms with van der Waals surface area (Å²) in [4.78, 5) is 21.0. The Labute approximate surface area is 60.1 Å². The maximum Gasteiger partial charge on any atom is 0.287 e. The Hall–Kier alpha value is -1.12. The lowest BCUT2D eigenvalue weighted by Gasteiger charge is -2.05. The largest absolute Gasteiger partial charge is 0.344 e. The summed E-state index contributed by atoms with van der Waals surface area (Å²) in [6.07, 6.45) is 1.56. The molecule has 0 rings (SSSR count). The van der Waals surface area contributed by atoms with Crippen LogP contribution in [0.3, 0.4) is 0 Å². The van der Waals surface area contributed by atoms with E-state index in [0.717, 1.165) is 0 Å². The fraction of sp³-hybridized carbons (Fsp3) is 0.429. The molecular weight excluding hydrogens is 130 g/mol. The van der Waals surface area contributed by atoms with Gasteiger partial charge >= 0.3 is 0 Å². The van der Waals surface area contributed by atoms with Crippen molar-refractivity contribution in [3.05, 3.63) is 12.7 Å². The normalized spacial score (nSPS) is 11.8. The topological polar surface area (TPSA) is 46.2 Å². The molecule has 0 aliphatic heterocycles. The maximum absolute atomic E-state index is 10.6. The Bertz CT molecular complexity index is 163. The predicted molar refractivity (Wildman–Crippen MR) is 38.5 cm³/mol. The summed E-state index contributed by atoms with van der Waals surface area (Å²) in [5.74, 6) is -1.04. The van der Waals surface area contributed by atoms with Gasteiger partial charge in [0.15, 0.2) is 0 Å². The van der Waals surface area contributed by atoms with Gasteiger partial charge in [0.25, 0.3) is 5.91 Å². The highest BCUT2D eigenvalue weighted by molar-refractivity contribution is 6.35. The van der Waals surface area contributed by atoms with Crippen LogP contribution in [-0.4, -0.2) is 17.7 Å². The molecular formula is C7H11NO2. The van der Waals surface area contributed by atoms with Crippen LogP contribution in [0.25, 0.3) is 0 Å². The van der Waals surface area contributed by atoms with Crippen molar-refractivity contribution in [2.45, 2.75) is 19.9 Å². The summed E-state index contributed by atoms with van der Waals surface area (Å²) in [7, 11) is 0. The third-order valence-electron chi connectivity index (χ3n) is 1.03. The number of ketones is 1. The minimum Gasteiger partial charge on any atom is -0.344 e. The molecule has 0 radical (unpaired) electrons. The summed E-state index contributed by atoms with van der Waals surface area (Å²) in [6.45, 7) is 6.42. The van der Waals surface area contributed by atoms with E-state index in [1.165, 1.54) is 6.92 Å². The standard InChI is InChI=1S/C7H11NO2/c1-4-5(2)8-7(10)6(3)9/h4-5H,1H2,2-3H3,(H,8,10). The zero-order valence-corrected chi connectivity index (χ0v) is 6.18. The first kappa shape index (κ1) is 8.88. The van der Waals surface area contributed by atoms with Crippen molar-refractivity contribution in [3.8, 4) is 0 Å². The minimum absolute atomic E-state index is 0.142. The van der Waals surface area contributed by atoms with E-state index < -0.39 is 11.7 Å². The van der Waals surface area contributed by atoms with E-state index in [0.29, 0.717) is 0 Å². The monoisotopic (exact) mass is 141 g/mol. The van der Waals surface area contributed by atoms with Crippen LogP contribution < -0.4 is 5.32 Å². The third kappa shape index (κ3) is 3.02. The number of hydrogen-bond donors (Lipinski definition) is 1. The van der Waals surface area contributed by atoms with E-state index in [1.54, 1.807) is 13.0 Å². The molecule has 1 atom stereocenters. The van der Waals surface area contributed by atoms with Crippen molar-refractivity contribution in [2.75, 3.05) is 0 Å². The summed E-state index contributed by atoms with van der Waals surface area (Å²) in [6, 6.07) is -0.142. The molecule has 0 aromatic carbocycles. The molecule has 0 aromatic heterocycles. The summed E-state index contributed by atoms with van der Waals surface area (Å²) in [5.41, 5.74) is 0. The van der Waals surface area contributed by atoms with Gasteiger partial charge < -0.3 is 5.32 Å². The first-order chi connectivity index (χ1) is 4.57. The molecule has 3 nitrogen and oxygen atoms in total. The molecule has 56 valence electrons. The Morgan fingerprint density at radius 1 is 1.60 bits per heavy atom. The van der Waals surface area contributed by atoms with E-state index in [4.69, 9.17) is 0 Å². The van der Waals surface area contributed by atoms with Crippen LogP contribution in [0.15, 0.2) is 12.7 Å². The second-order valence-corrected chi connectivity index (χ2v) is 2.05. The average molecular weight is 141 g/mol. The third-order valence-corrected chi connectivity index (χ3v) is 1.03. The molecule has 0 bridgehead atoms. The molecule has 1 unspecified atom stereocenters. The van der Waals surface area contributed by atoms with Gasteiger partial charge in [-0.3, -0.25) is 9.59 Å². The molecule has 0 aromatic rings. The SMILES string of the molecule is C=CC(C)NC(=O)C(C)=O. The maximum atomic E-state index is 10.6. The van der Waals surface area contributed by atoms with Gasteiger partial charge in [-0.2, -0.15) is 0 Å². The fourth-order valence-corrected chi connectivity index (χ4v) is 0.367. The zero-order chi connectivity index (χ0) is 8.15. The summed E-state index contributed by atoms with van der Waals surface area (Å²) < 4.78 is 0. The van der Waals surface area contributed by atoms with E-state index in [-0.39, 0.29) is 6.04 Å². The van der Waals surface area contributed by atoms with E-state index in [1.807, 2.05) is 0 Å². The number of Topliss-reactive ketones (excluding diaryl/α,β-unsaturated/α-hetero) is 1. The molecule has 1 N–H and O–H groups in total. The van der Waals surface area contributed by atoms with Crippen LogP contribution in [0.4, 0.5) is 0 Å². The number of hydrogen-bond acceptors (Lipinski definition) is 2. The van der Waals surface area contributed by atoms with Gasteiger partial charge in [0.1, 0.15) is 0 Å². The highest BCUT2D eigenvalue weighted by Gasteiger charge is 2.07. The van der Waals surface area contributed by atoms with Crippen molar-refractivity contribution in [2.24, 2.45) is 0 Å². The zero-order valence-electron chi connectivity index (χ0n) is 6.18. The highest BCUT2D eigenvalue weighted by atomic mass is 16.2. The fourth-order valence-electron chi connectivity index (χ4n) is 0.367. The van der Waals surface area contributed by atoms with Gasteiger partial charge in [-0.15, -0.1) is 6.58 Å². The van der Waals surface area contributed by atoms with E-state index in [9.17, 15) is 9.59 Å². The van der Waals surface area contributed by atoms with Crippen molar-refractivity contribution >= 4 is 11.7 Å². The Kier molecular flexibility index (Phi) is 3.39. The van der Waals surface area contributed by atoms with Crippen LogP contribution in [0.2, 0.25) is 0 Å². The molecule has 0 aliphatic rings. The van der Waals surface area contributed by atoms with Crippen LogP contribution in [-0.2, 0) is 9.59 Å². The van der Waals surface area contributed by atoms with Crippen LogP contribution >= 0.6 is 0 Å². The number of carbonyl (C=O) groups excluding carboxylic acids is 2. The second kappa shape index (κ2) is 3.82. The molecule has 1 amide bonds. The Balaban J connectivity index is 3.79. The van der Waals surface area contributed by atoms with E-state index in [2.05, 4.69) is 11.9 Å².